The van der Waals surface area contributed by atoms with Crippen molar-refractivity contribution in [3.05, 3.63) is 5.28 Å². The van der Waals surface area contributed by atoms with Gasteiger partial charge in [-0.1, -0.05) is 13.8 Å². The van der Waals surface area contributed by atoms with Crippen LogP contribution in [0.25, 0.3) is 0 Å². The van der Waals surface area contributed by atoms with Crippen molar-refractivity contribution < 1.29 is 9.84 Å². The van der Waals surface area contributed by atoms with E-state index in [1.54, 1.807) is 0 Å². The maximum absolute atomic E-state index is 9.71. The van der Waals surface area contributed by atoms with E-state index in [9.17, 15) is 5.11 Å². The first-order valence-corrected chi connectivity index (χ1v) is 6.69. The molecule has 19 heavy (non-hydrogen) atoms. The van der Waals surface area contributed by atoms with Crippen molar-refractivity contribution in [1.29, 1.82) is 0 Å². The molecule has 0 bridgehead atoms. The molecule has 2 rings (SSSR count). The van der Waals surface area contributed by atoms with Gasteiger partial charge in [-0.15, -0.1) is 0 Å². The van der Waals surface area contributed by atoms with Crippen molar-refractivity contribution in [2.75, 3.05) is 5.32 Å². The van der Waals surface area contributed by atoms with E-state index in [1.807, 2.05) is 27.7 Å². The number of halogens is 1. The summed E-state index contributed by atoms with van der Waals surface area (Å²) in [7, 11) is 0. The van der Waals surface area contributed by atoms with Crippen LogP contribution in [0, 0.1) is 5.41 Å². The van der Waals surface area contributed by atoms with E-state index in [-0.39, 0.29) is 35.0 Å². The number of aliphatic hydroxyl groups is 1. The summed E-state index contributed by atoms with van der Waals surface area (Å²) in [6, 6.07) is 0.308. The molecule has 2 atom stereocenters. The smallest absolute Gasteiger partial charge is 0.322 e. The molecule has 2 unspecified atom stereocenters. The fraction of sp³-hybridized carbons (Fsp3) is 0.750. The highest BCUT2D eigenvalue weighted by atomic mass is 35.5. The van der Waals surface area contributed by atoms with Gasteiger partial charge in [0.2, 0.25) is 11.2 Å². The Morgan fingerprint density at radius 2 is 2.05 bits per heavy atom. The number of anilines is 1. The van der Waals surface area contributed by atoms with Gasteiger partial charge in [0.15, 0.2) is 0 Å². The number of ether oxygens (including phenoxy) is 1. The van der Waals surface area contributed by atoms with Crippen LogP contribution in [0.1, 0.15) is 34.1 Å². The van der Waals surface area contributed by atoms with Crippen LogP contribution in [0.4, 0.5) is 5.95 Å². The molecule has 0 amide bonds. The number of nitrogens with zero attached hydrogens (tertiary/aromatic N) is 3. The molecular weight excluding hydrogens is 268 g/mol. The third-order valence-electron chi connectivity index (χ3n) is 3.45. The summed E-state index contributed by atoms with van der Waals surface area (Å²) in [5, 5.41) is 13.0. The van der Waals surface area contributed by atoms with E-state index < -0.39 is 0 Å². The minimum atomic E-state index is -0.311. The van der Waals surface area contributed by atoms with Gasteiger partial charge in [0.25, 0.3) is 0 Å². The molecule has 1 fully saturated rings. The van der Waals surface area contributed by atoms with Crippen LogP contribution in [0.2, 0.25) is 5.28 Å². The molecule has 0 aromatic carbocycles. The van der Waals surface area contributed by atoms with E-state index in [0.717, 1.165) is 0 Å². The normalized spacial score (nSPS) is 25.0. The Bertz CT molecular complexity index is 467. The van der Waals surface area contributed by atoms with E-state index in [2.05, 4.69) is 20.3 Å². The van der Waals surface area contributed by atoms with Gasteiger partial charge in [-0.25, -0.2) is 0 Å². The lowest BCUT2D eigenvalue weighted by Gasteiger charge is -2.49. The third kappa shape index (κ3) is 3.06. The fourth-order valence-electron chi connectivity index (χ4n) is 1.96. The van der Waals surface area contributed by atoms with Crippen molar-refractivity contribution in [3.63, 3.8) is 0 Å². The Labute approximate surface area is 117 Å². The predicted molar refractivity (Wildman–Crippen MR) is 72.4 cm³/mol. The summed E-state index contributed by atoms with van der Waals surface area (Å²) < 4.78 is 5.41. The summed E-state index contributed by atoms with van der Waals surface area (Å²) in [5.74, 6) is 0.376. The van der Waals surface area contributed by atoms with Crippen LogP contribution in [0.3, 0.4) is 0 Å². The largest absolute Gasteiger partial charge is 0.461 e. The Balaban J connectivity index is 2.10. The zero-order chi connectivity index (χ0) is 14.2. The predicted octanol–water partition coefficient (Wildman–Crippen LogP) is 1.88. The first-order valence-electron chi connectivity index (χ1n) is 6.32. The zero-order valence-corrected chi connectivity index (χ0v) is 12.3. The van der Waals surface area contributed by atoms with Gasteiger partial charge >= 0.3 is 6.01 Å². The van der Waals surface area contributed by atoms with Gasteiger partial charge < -0.3 is 15.2 Å². The van der Waals surface area contributed by atoms with Crippen molar-refractivity contribution in [3.8, 4) is 6.01 Å². The molecule has 0 spiro atoms. The lowest BCUT2D eigenvalue weighted by Crippen LogP contribution is -2.57. The van der Waals surface area contributed by atoms with Gasteiger partial charge in [-0.2, -0.15) is 15.0 Å². The standard InChI is InChI=1S/C12H19ClN4O2/c1-6(2)19-11-16-9(13)15-10(17-11)14-7-5-8(18)12(7,3)4/h6-8,18H,5H2,1-4H3,(H,14,15,16,17). The molecule has 1 heterocycles. The average Bonchev–Trinajstić information content (AvgIpc) is 2.26. The lowest BCUT2D eigenvalue weighted by atomic mass is 9.65. The molecule has 106 valence electrons. The summed E-state index contributed by atoms with van der Waals surface area (Å²) in [6.45, 7) is 7.76. The van der Waals surface area contributed by atoms with Gasteiger partial charge in [0.05, 0.1) is 12.2 Å². The highest BCUT2D eigenvalue weighted by Gasteiger charge is 2.47. The molecule has 2 N–H and O–H groups in total. The van der Waals surface area contributed by atoms with Crippen molar-refractivity contribution in [2.45, 2.75) is 52.4 Å². The number of hydrogen-bond donors (Lipinski definition) is 2. The van der Waals surface area contributed by atoms with Gasteiger partial charge in [-0.05, 0) is 31.9 Å². The maximum atomic E-state index is 9.71. The van der Waals surface area contributed by atoms with Crippen LogP contribution >= 0.6 is 11.6 Å². The minimum Gasteiger partial charge on any atom is -0.461 e. The topological polar surface area (TPSA) is 80.2 Å². The highest BCUT2D eigenvalue weighted by molar-refractivity contribution is 6.28. The zero-order valence-electron chi connectivity index (χ0n) is 11.5. The quantitative estimate of drug-likeness (QED) is 0.880. The van der Waals surface area contributed by atoms with Crippen LogP contribution in [0.15, 0.2) is 0 Å². The van der Waals surface area contributed by atoms with Crippen LogP contribution in [-0.4, -0.2) is 38.3 Å². The van der Waals surface area contributed by atoms with Crippen molar-refractivity contribution in [2.24, 2.45) is 5.41 Å². The van der Waals surface area contributed by atoms with Crippen LogP contribution in [0.5, 0.6) is 6.01 Å². The van der Waals surface area contributed by atoms with Gasteiger partial charge in [-0.3, -0.25) is 0 Å². The second-order valence-corrected chi connectivity index (χ2v) is 5.99. The third-order valence-corrected chi connectivity index (χ3v) is 3.62. The first kappa shape index (κ1) is 14.3. The number of nitrogens with one attached hydrogen (secondary N) is 1. The molecule has 0 radical (unpaired) electrons. The van der Waals surface area contributed by atoms with E-state index in [1.165, 1.54) is 0 Å². The molecule has 0 aliphatic heterocycles. The van der Waals surface area contributed by atoms with Crippen molar-refractivity contribution >= 4 is 17.5 Å². The van der Waals surface area contributed by atoms with Crippen molar-refractivity contribution in [1.82, 2.24) is 15.0 Å². The number of aliphatic hydroxyl groups excluding tert-OH is 1. The molecule has 1 aromatic heterocycles. The summed E-state index contributed by atoms with van der Waals surface area (Å²) in [4.78, 5) is 12.1. The maximum Gasteiger partial charge on any atom is 0.322 e. The van der Waals surface area contributed by atoms with E-state index in [0.29, 0.717) is 12.4 Å². The molecule has 1 aromatic rings. The molecule has 1 aliphatic rings. The summed E-state index contributed by atoms with van der Waals surface area (Å²) >= 11 is 5.85. The molecule has 1 saturated carbocycles. The summed E-state index contributed by atoms with van der Waals surface area (Å²) in [5.41, 5.74) is -0.210. The molecule has 0 saturated heterocycles. The van der Waals surface area contributed by atoms with Gasteiger partial charge in [0, 0.05) is 11.5 Å². The monoisotopic (exact) mass is 286 g/mol. The fourth-order valence-corrected chi connectivity index (χ4v) is 2.12. The highest BCUT2D eigenvalue weighted by Crippen LogP contribution is 2.41. The molecule has 6 nitrogen and oxygen atoms in total. The average molecular weight is 287 g/mol. The van der Waals surface area contributed by atoms with Crippen LogP contribution in [-0.2, 0) is 0 Å². The van der Waals surface area contributed by atoms with E-state index in [4.69, 9.17) is 16.3 Å². The second-order valence-electron chi connectivity index (χ2n) is 5.65. The Kier molecular flexibility index (Phi) is 3.82. The van der Waals surface area contributed by atoms with Gasteiger partial charge in [0.1, 0.15) is 0 Å². The SMILES string of the molecule is CC(C)Oc1nc(Cl)nc(NC2CC(O)C2(C)C)n1. The Hall–Kier alpha value is -1.14. The Morgan fingerprint density at radius 1 is 1.37 bits per heavy atom. The van der Waals surface area contributed by atoms with E-state index >= 15 is 0 Å². The molecular formula is C12H19ClN4O2. The molecule has 1 aliphatic carbocycles. The lowest BCUT2D eigenvalue weighted by molar-refractivity contribution is -0.0513. The molecule has 7 heteroatoms. The summed E-state index contributed by atoms with van der Waals surface area (Å²) in [6.07, 6.45) is 0.318. The second kappa shape index (κ2) is 5.09. The first-order chi connectivity index (χ1) is 8.79. The number of aromatic nitrogens is 3. The number of hydrogen-bond acceptors (Lipinski definition) is 6. The Morgan fingerprint density at radius 3 is 2.58 bits per heavy atom. The van der Waals surface area contributed by atoms with Crippen LogP contribution < -0.4 is 10.1 Å². The number of rotatable bonds is 4. The minimum absolute atomic E-state index is 0.0340.